The van der Waals surface area contributed by atoms with E-state index in [9.17, 15) is 4.39 Å². The van der Waals surface area contributed by atoms with Gasteiger partial charge in [-0.2, -0.15) is 4.98 Å². The highest BCUT2D eigenvalue weighted by molar-refractivity contribution is 5.54. The van der Waals surface area contributed by atoms with Crippen LogP contribution in [0.2, 0.25) is 0 Å². The van der Waals surface area contributed by atoms with Crippen LogP contribution in [0.25, 0.3) is 0 Å². The Labute approximate surface area is 125 Å². The van der Waals surface area contributed by atoms with Crippen molar-refractivity contribution in [3.8, 4) is 0 Å². The summed E-state index contributed by atoms with van der Waals surface area (Å²) in [6.45, 7) is 6.25. The lowest BCUT2D eigenvalue weighted by atomic mass is 10.3. The van der Waals surface area contributed by atoms with Gasteiger partial charge in [0.15, 0.2) is 0 Å². The van der Waals surface area contributed by atoms with Gasteiger partial charge in [-0.05, 0) is 43.2 Å². The molecule has 0 saturated carbocycles. The highest BCUT2D eigenvalue weighted by Crippen LogP contribution is 2.17. The number of hydrogen-bond donors (Lipinski definition) is 1. The Morgan fingerprint density at radius 3 is 2.33 bits per heavy atom. The van der Waals surface area contributed by atoms with E-state index in [0.29, 0.717) is 5.95 Å². The van der Waals surface area contributed by atoms with Gasteiger partial charge in [-0.25, -0.2) is 9.37 Å². The average Bonchev–Trinajstić information content (AvgIpc) is 2.50. The Balaban J connectivity index is 2.14. The molecule has 1 aromatic heterocycles. The van der Waals surface area contributed by atoms with Crippen LogP contribution in [0.15, 0.2) is 36.5 Å². The summed E-state index contributed by atoms with van der Waals surface area (Å²) in [6.07, 6.45) is 3.89. The molecular formula is C16H21FN4. The third-order valence-corrected chi connectivity index (χ3v) is 3.05. The van der Waals surface area contributed by atoms with Gasteiger partial charge in [0.2, 0.25) is 5.95 Å². The molecule has 4 nitrogen and oxygen atoms in total. The predicted molar refractivity (Wildman–Crippen MR) is 84.5 cm³/mol. The van der Waals surface area contributed by atoms with Gasteiger partial charge in [0.05, 0.1) is 0 Å². The Bertz CT molecular complexity index is 550. The summed E-state index contributed by atoms with van der Waals surface area (Å²) in [4.78, 5) is 11.0. The van der Waals surface area contributed by atoms with Gasteiger partial charge in [-0.15, -0.1) is 0 Å². The van der Waals surface area contributed by atoms with Gasteiger partial charge in [0.25, 0.3) is 0 Å². The summed E-state index contributed by atoms with van der Waals surface area (Å²) in [7, 11) is 0. The van der Waals surface area contributed by atoms with Gasteiger partial charge in [0, 0.05) is 25.0 Å². The summed E-state index contributed by atoms with van der Waals surface area (Å²) >= 11 is 0. The minimum atomic E-state index is -0.257. The Morgan fingerprint density at radius 2 is 1.71 bits per heavy atom. The highest BCUT2D eigenvalue weighted by Gasteiger charge is 2.07. The van der Waals surface area contributed by atoms with Gasteiger partial charge in [-0.3, -0.25) is 0 Å². The number of anilines is 3. The van der Waals surface area contributed by atoms with Crippen LogP contribution < -0.4 is 10.2 Å². The zero-order chi connectivity index (χ0) is 15.1. The SMILES string of the molecule is CCCN(CCC)c1ccnc(Nc2ccc(F)cc2)n1. The largest absolute Gasteiger partial charge is 0.356 e. The molecule has 0 saturated heterocycles. The standard InChI is InChI=1S/C16H21FN4/c1-3-11-21(12-4-2)15-9-10-18-16(20-15)19-14-7-5-13(17)6-8-14/h5-10H,3-4,11-12H2,1-2H3,(H,18,19,20). The molecule has 21 heavy (non-hydrogen) atoms. The number of nitrogens with zero attached hydrogens (tertiary/aromatic N) is 3. The van der Waals surface area contributed by atoms with Crippen LogP contribution in [0, 0.1) is 5.82 Å². The van der Waals surface area contributed by atoms with Crippen molar-refractivity contribution in [1.82, 2.24) is 9.97 Å². The summed E-state index contributed by atoms with van der Waals surface area (Å²) in [5.41, 5.74) is 0.770. The van der Waals surface area contributed by atoms with Gasteiger partial charge < -0.3 is 10.2 Å². The number of nitrogens with one attached hydrogen (secondary N) is 1. The second-order valence-corrected chi connectivity index (χ2v) is 4.86. The number of hydrogen-bond acceptors (Lipinski definition) is 4. The van der Waals surface area contributed by atoms with Crippen LogP contribution in [-0.4, -0.2) is 23.1 Å². The first-order chi connectivity index (χ1) is 10.2. The second-order valence-electron chi connectivity index (χ2n) is 4.86. The molecule has 2 aromatic rings. The Hall–Kier alpha value is -2.17. The van der Waals surface area contributed by atoms with Crippen LogP contribution in [0.1, 0.15) is 26.7 Å². The Morgan fingerprint density at radius 1 is 1.05 bits per heavy atom. The molecule has 0 fully saturated rings. The van der Waals surface area contributed by atoms with Crippen molar-refractivity contribution in [1.29, 1.82) is 0 Å². The van der Waals surface area contributed by atoms with Crippen LogP contribution in [0.5, 0.6) is 0 Å². The molecule has 0 bridgehead atoms. The monoisotopic (exact) mass is 288 g/mol. The zero-order valence-corrected chi connectivity index (χ0v) is 12.5. The third kappa shape index (κ3) is 4.41. The number of halogens is 1. The summed E-state index contributed by atoms with van der Waals surface area (Å²) in [6, 6.07) is 8.07. The molecular weight excluding hydrogens is 267 g/mol. The molecule has 1 aromatic carbocycles. The summed E-state index contributed by atoms with van der Waals surface area (Å²) < 4.78 is 12.9. The molecule has 5 heteroatoms. The molecule has 1 heterocycles. The molecule has 0 aliphatic heterocycles. The minimum absolute atomic E-state index is 0.257. The van der Waals surface area contributed by atoms with E-state index in [0.717, 1.165) is 37.4 Å². The number of benzene rings is 1. The van der Waals surface area contributed by atoms with Crippen molar-refractivity contribution in [2.45, 2.75) is 26.7 Å². The van der Waals surface area contributed by atoms with Crippen LogP contribution in [-0.2, 0) is 0 Å². The Kier molecular flexibility index (Phi) is 5.49. The van der Waals surface area contributed by atoms with Crippen molar-refractivity contribution < 1.29 is 4.39 Å². The third-order valence-electron chi connectivity index (χ3n) is 3.05. The van der Waals surface area contributed by atoms with Crippen LogP contribution in [0.4, 0.5) is 21.8 Å². The van der Waals surface area contributed by atoms with Crippen molar-refractivity contribution in [3.63, 3.8) is 0 Å². The van der Waals surface area contributed by atoms with E-state index in [4.69, 9.17) is 0 Å². The quantitative estimate of drug-likeness (QED) is 0.836. The first-order valence-electron chi connectivity index (χ1n) is 7.33. The van der Waals surface area contributed by atoms with Crippen molar-refractivity contribution in [2.75, 3.05) is 23.3 Å². The van der Waals surface area contributed by atoms with E-state index in [1.165, 1.54) is 12.1 Å². The van der Waals surface area contributed by atoms with E-state index in [1.54, 1.807) is 18.3 Å². The number of aromatic nitrogens is 2. The second kappa shape index (κ2) is 7.57. The van der Waals surface area contributed by atoms with E-state index < -0.39 is 0 Å². The molecule has 112 valence electrons. The predicted octanol–water partition coefficient (Wildman–Crippen LogP) is 3.99. The highest BCUT2D eigenvalue weighted by atomic mass is 19.1. The molecule has 0 amide bonds. The lowest BCUT2D eigenvalue weighted by Gasteiger charge is -2.22. The maximum atomic E-state index is 12.9. The van der Waals surface area contributed by atoms with Gasteiger partial charge >= 0.3 is 0 Å². The van der Waals surface area contributed by atoms with E-state index in [2.05, 4.69) is 34.0 Å². The normalized spacial score (nSPS) is 10.4. The van der Waals surface area contributed by atoms with E-state index >= 15 is 0 Å². The van der Waals surface area contributed by atoms with E-state index in [-0.39, 0.29) is 5.82 Å². The molecule has 0 spiro atoms. The lowest BCUT2D eigenvalue weighted by molar-refractivity contribution is 0.628. The van der Waals surface area contributed by atoms with E-state index in [1.807, 2.05) is 6.07 Å². The smallest absolute Gasteiger partial charge is 0.229 e. The first-order valence-corrected chi connectivity index (χ1v) is 7.33. The molecule has 0 atom stereocenters. The maximum Gasteiger partial charge on any atom is 0.229 e. The zero-order valence-electron chi connectivity index (χ0n) is 12.5. The topological polar surface area (TPSA) is 41.1 Å². The summed E-state index contributed by atoms with van der Waals surface area (Å²) in [5.74, 6) is 1.18. The average molecular weight is 288 g/mol. The fourth-order valence-corrected chi connectivity index (χ4v) is 2.13. The number of rotatable bonds is 7. The van der Waals surface area contributed by atoms with Crippen molar-refractivity contribution in [3.05, 3.63) is 42.3 Å². The molecule has 0 radical (unpaired) electrons. The first kappa shape index (κ1) is 15.2. The van der Waals surface area contributed by atoms with Crippen LogP contribution >= 0.6 is 0 Å². The molecule has 0 unspecified atom stereocenters. The van der Waals surface area contributed by atoms with Crippen molar-refractivity contribution in [2.24, 2.45) is 0 Å². The molecule has 2 rings (SSSR count). The fourth-order valence-electron chi connectivity index (χ4n) is 2.13. The molecule has 0 aliphatic rings. The minimum Gasteiger partial charge on any atom is -0.356 e. The van der Waals surface area contributed by atoms with Crippen molar-refractivity contribution >= 4 is 17.5 Å². The maximum absolute atomic E-state index is 12.9. The molecule has 1 N–H and O–H groups in total. The van der Waals surface area contributed by atoms with Gasteiger partial charge in [-0.1, -0.05) is 13.8 Å². The summed E-state index contributed by atoms with van der Waals surface area (Å²) in [5, 5.41) is 3.10. The molecule has 0 aliphatic carbocycles. The van der Waals surface area contributed by atoms with Gasteiger partial charge in [0.1, 0.15) is 11.6 Å². The van der Waals surface area contributed by atoms with Crippen LogP contribution in [0.3, 0.4) is 0 Å². The fraction of sp³-hybridized carbons (Fsp3) is 0.375. The lowest BCUT2D eigenvalue weighted by Crippen LogP contribution is -2.26.